The van der Waals surface area contributed by atoms with Crippen LogP contribution >= 0.6 is 23.2 Å². The Bertz CT molecular complexity index is 1180. The number of pyridine rings is 1. The summed E-state index contributed by atoms with van der Waals surface area (Å²) >= 11 is 12.6. The maximum Gasteiger partial charge on any atom is 0.348 e. The number of nitrogens with zero attached hydrogens (tertiary/aromatic N) is 5. The van der Waals surface area contributed by atoms with E-state index in [1.807, 2.05) is 0 Å². The fourth-order valence-electron chi connectivity index (χ4n) is 3.87. The van der Waals surface area contributed by atoms with E-state index in [-0.39, 0.29) is 22.5 Å². The average Bonchev–Trinajstić information content (AvgIpc) is 3.07. The van der Waals surface area contributed by atoms with Gasteiger partial charge in [-0.25, -0.2) is 19.4 Å². The number of anilines is 2. The molecule has 3 heterocycles. The molecule has 0 saturated heterocycles. The largest absolute Gasteiger partial charge is 0.348 e. The number of H-pyrrole nitrogens is 1. The van der Waals surface area contributed by atoms with Crippen molar-refractivity contribution in [3.63, 3.8) is 0 Å². The Balaban J connectivity index is 1.94. The number of aromatic amines is 1. The number of halogens is 2. The standard InChI is InChI=1S/C21H22Cl2N6O2/c1-3-8-27(9-4-2)12-18(30)28-16-10-14(22)15(23)11-17(16)29-20(25-26-21(29)31)13-6-5-7-24-19(13)28/h5-7,10-11H,3-4,8-9,12H2,1-2H3,(H,26,31). The highest BCUT2D eigenvalue weighted by Crippen LogP contribution is 2.43. The molecule has 0 saturated carbocycles. The number of fused-ring (bicyclic) bond motifs is 5. The Morgan fingerprint density at radius 1 is 1.13 bits per heavy atom. The van der Waals surface area contributed by atoms with Crippen molar-refractivity contribution in [2.45, 2.75) is 26.7 Å². The second-order valence-corrected chi connectivity index (χ2v) is 8.14. The third kappa shape index (κ3) is 3.86. The maximum atomic E-state index is 13.6. The van der Waals surface area contributed by atoms with Gasteiger partial charge in [-0.2, -0.15) is 5.10 Å². The summed E-state index contributed by atoms with van der Waals surface area (Å²) in [4.78, 5) is 34.4. The van der Waals surface area contributed by atoms with E-state index in [0.29, 0.717) is 28.6 Å². The maximum absolute atomic E-state index is 13.6. The van der Waals surface area contributed by atoms with Gasteiger partial charge in [-0.1, -0.05) is 37.0 Å². The lowest BCUT2D eigenvalue weighted by Crippen LogP contribution is -2.39. The molecule has 0 radical (unpaired) electrons. The topological polar surface area (TPSA) is 87.1 Å². The van der Waals surface area contributed by atoms with Crippen LogP contribution in [-0.2, 0) is 4.79 Å². The highest BCUT2D eigenvalue weighted by Gasteiger charge is 2.33. The SMILES string of the molecule is CCCN(CCC)CC(=O)N1c2cc(Cl)c(Cl)cc2-n2c(n[nH]c2=O)-c2cccnc21. The zero-order valence-electron chi connectivity index (χ0n) is 17.2. The van der Waals surface area contributed by atoms with Gasteiger partial charge in [0, 0.05) is 6.20 Å². The summed E-state index contributed by atoms with van der Waals surface area (Å²) in [6.07, 6.45) is 3.47. The summed E-state index contributed by atoms with van der Waals surface area (Å²) in [6, 6.07) is 6.68. The molecular weight excluding hydrogens is 439 g/mol. The lowest BCUT2D eigenvalue weighted by atomic mass is 10.2. The third-order valence-corrected chi connectivity index (χ3v) is 5.82. The summed E-state index contributed by atoms with van der Waals surface area (Å²) in [5.41, 5.74) is 0.939. The van der Waals surface area contributed by atoms with Gasteiger partial charge in [-0.05, 0) is 50.2 Å². The minimum Gasteiger partial charge on any atom is -0.295 e. The zero-order valence-corrected chi connectivity index (χ0v) is 18.7. The smallest absolute Gasteiger partial charge is 0.295 e. The highest BCUT2D eigenvalue weighted by atomic mass is 35.5. The normalized spacial score (nSPS) is 12.4. The van der Waals surface area contributed by atoms with Crippen LogP contribution in [0.2, 0.25) is 10.0 Å². The average molecular weight is 461 g/mol. The van der Waals surface area contributed by atoms with E-state index in [1.54, 1.807) is 30.5 Å². The summed E-state index contributed by atoms with van der Waals surface area (Å²) < 4.78 is 1.39. The molecule has 162 valence electrons. The molecule has 2 aromatic heterocycles. The van der Waals surface area contributed by atoms with Gasteiger partial charge in [-0.15, -0.1) is 0 Å². The second-order valence-electron chi connectivity index (χ2n) is 7.32. The fraction of sp³-hybridized carbons (Fsp3) is 0.333. The van der Waals surface area contributed by atoms with E-state index >= 15 is 0 Å². The molecule has 0 spiro atoms. The molecule has 0 fully saturated rings. The van der Waals surface area contributed by atoms with Crippen LogP contribution in [0, 0.1) is 0 Å². The number of carbonyl (C=O) groups excluding carboxylic acids is 1. The Morgan fingerprint density at radius 2 is 1.81 bits per heavy atom. The number of hydrogen-bond acceptors (Lipinski definition) is 5. The number of hydrogen-bond donors (Lipinski definition) is 1. The van der Waals surface area contributed by atoms with Gasteiger partial charge in [-0.3, -0.25) is 14.6 Å². The first-order chi connectivity index (χ1) is 15.0. The molecule has 1 aromatic carbocycles. The minimum absolute atomic E-state index is 0.177. The van der Waals surface area contributed by atoms with Gasteiger partial charge >= 0.3 is 5.69 Å². The van der Waals surface area contributed by atoms with Crippen LogP contribution < -0.4 is 10.6 Å². The number of aromatic nitrogens is 4. The number of benzene rings is 1. The van der Waals surface area contributed by atoms with Crippen molar-refractivity contribution < 1.29 is 4.79 Å². The van der Waals surface area contributed by atoms with Gasteiger partial charge in [0.25, 0.3) is 0 Å². The fourth-order valence-corrected chi connectivity index (χ4v) is 4.18. The van der Waals surface area contributed by atoms with Crippen molar-refractivity contribution in [1.29, 1.82) is 0 Å². The van der Waals surface area contributed by atoms with E-state index in [9.17, 15) is 9.59 Å². The molecular formula is C21H22Cl2N6O2. The monoisotopic (exact) mass is 460 g/mol. The molecule has 0 bridgehead atoms. The zero-order chi connectivity index (χ0) is 22.1. The van der Waals surface area contributed by atoms with Crippen molar-refractivity contribution in [3.8, 4) is 17.1 Å². The molecule has 1 N–H and O–H groups in total. The molecule has 0 atom stereocenters. The van der Waals surface area contributed by atoms with Gasteiger partial charge < -0.3 is 0 Å². The first-order valence-electron chi connectivity index (χ1n) is 10.1. The number of rotatable bonds is 6. The van der Waals surface area contributed by atoms with Crippen LogP contribution in [0.25, 0.3) is 17.1 Å². The highest BCUT2D eigenvalue weighted by molar-refractivity contribution is 6.42. The Labute approximate surface area is 189 Å². The quantitative estimate of drug-likeness (QED) is 0.599. The Hall–Kier alpha value is -2.68. The lowest BCUT2D eigenvalue weighted by Gasteiger charge is -2.27. The van der Waals surface area contributed by atoms with E-state index < -0.39 is 5.69 Å². The van der Waals surface area contributed by atoms with Gasteiger partial charge in [0.15, 0.2) is 11.6 Å². The van der Waals surface area contributed by atoms with E-state index in [4.69, 9.17) is 23.2 Å². The van der Waals surface area contributed by atoms with Crippen molar-refractivity contribution in [2.24, 2.45) is 0 Å². The second kappa shape index (κ2) is 8.82. The molecule has 1 aliphatic rings. The molecule has 3 aromatic rings. The molecule has 8 nitrogen and oxygen atoms in total. The molecule has 10 heteroatoms. The van der Waals surface area contributed by atoms with E-state index in [2.05, 4.69) is 33.9 Å². The molecule has 0 aliphatic carbocycles. The Morgan fingerprint density at radius 3 is 2.48 bits per heavy atom. The molecule has 1 amide bonds. The van der Waals surface area contributed by atoms with Crippen LogP contribution in [0.15, 0.2) is 35.3 Å². The van der Waals surface area contributed by atoms with Crippen LogP contribution in [0.3, 0.4) is 0 Å². The summed E-state index contributed by atoms with van der Waals surface area (Å²) in [5, 5.41) is 7.20. The van der Waals surface area contributed by atoms with Crippen LogP contribution in [0.4, 0.5) is 11.5 Å². The number of nitrogens with one attached hydrogen (secondary N) is 1. The summed E-state index contributed by atoms with van der Waals surface area (Å²) in [5.74, 6) is 0.559. The summed E-state index contributed by atoms with van der Waals surface area (Å²) in [6.45, 7) is 5.97. The third-order valence-electron chi connectivity index (χ3n) is 5.10. The lowest BCUT2D eigenvalue weighted by molar-refractivity contribution is -0.119. The molecule has 4 rings (SSSR count). The van der Waals surface area contributed by atoms with E-state index in [0.717, 1.165) is 25.9 Å². The number of amides is 1. The van der Waals surface area contributed by atoms with Gasteiger partial charge in [0.2, 0.25) is 5.91 Å². The van der Waals surface area contributed by atoms with Gasteiger partial charge in [0.1, 0.15) is 0 Å². The van der Waals surface area contributed by atoms with Crippen LogP contribution in [-0.4, -0.2) is 50.2 Å². The first kappa shape index (κ1) is 21.5. The van der Waals surface area contributed by atoms with Crippen molar-refractivity contribution >= 4 is 40.6 Å². The Kier molecular flexibility index (Phi) is 6.13. The van der Waals surface area contributed by atoms with Crippen LogP contribution in [0.5, 0.6) is 0 Å². The predicted molar refractivity (Wildman–Crippen MR) is 122 cm³/mol. The number of carbonyl (C=O) groups is 1. The van der Waals surface area contributed by atoms with Crippen LogP contribution in [0.1, 0.15) is 26.7 Å². The van der Waals surface area contributed by atoms with Crippen molar-refractivity contribution in [2.75, 3.05) is 24.5 Å². The minimum atomic E-state index is -0.447. The van der Waals surface area contributed by atoms with E-state index in [1.165, 1.54) is 9.47 Å². The molecule has 1 aliphatic heterocycles. The molecule has 31 heavy (non-hydrogen) atoms. The predicted octanol–water partition coefficient (Wildman–Crippen LogP) is 4.03. The van der Waals surface area contributed by atoms with Crippen molar-refractivity contribution in [1.82, 2.24) is 24.6 Å². The van der Waals surface area contributed by atoms with Crippen molar-refractivity contribution in [3.05, 3.63) is 51.0 Å². The molecule has 0 unspecified atom stereocenters. The first-order valence-corrected chi connectivity index (χ1v) is 10.9. The summed E-state index contributed by atoms with van der Waals surface area (Å²) in [7, 11) is 0. The van der Waals surface area contributed by atoms with Gasteiger partial charge in [0.05, 0.1) is 33.5 Å².